The van der Waals surface area contributed by atoms with Crippen LogP contribution in [0, 0.1) is 6.92 Å². The smallest absolute Gasteiger partial charge is 0.333 e. The van der Waals surface area contributed by atoms with Crippen LogP contribution in [0.1, 0.15) is 16.8 Å². The van der Waals surface area contributed by atoms with Crippen LogP contribution in [0.15, 0.2) is 54.7 Å². The average molecular weight is 414 g/mol. The highest BCUT2D eigenvalue weighted by atomic mass is 19.4. The highest BCUT2D eigenvalue weighted by molar-refractivity contribution is 6.02. The van der Waals surface area contributed by atoms with Crippen molar-refractivity contribution in [2.24, 2.45) is 0 Å². The molecule has 1 fully saturated rings. The van der Waals surface area contributed by atoms with E-state index in [1.165, 1.54) is 12.1 Å². The first kappa shape index (κ1) is 20.2. The van der Waals surface area contributed by atoms with Gasteiger partial charge >= 0.3 is 12.2 Å². The lowest BCUT2D eigenvalue weighted by Crippen LogP contribution is -2.59. The minimum absolute atomic E-state index is 0.00201. The fourth-order valence-electron chi connectivity index (χ4n) is 3.65. The molecule has 0 saturated carbocycles. The summed E-state index contributed by atoms with van der Waals surface area (Å²) in [7, 11) is 0. The maximum absolute atomic E-state index is 12.6. The van der Waals surface area contributed by atoms with Crippen molar-refractivity contribution in [2.75, 3.05) is 18.4 Å². The molecule has 1 aromatic heterocycles. The lowest BCUT2D eigenvalue weighted by molar-refractivity contribution is -0.137. The van der Waals surface area contributed by atoms with Crippen molar-refractivity contribution < 1.29 is 18.0 Å². The summed E-state index contributed by atoms with van der Waals surface area (Å²) in [5.41, 5.74) is 1.78. The van der Waals surface area contributed by atoms with Crippen molar-refractivity contribution in [1.82, 2.24) is 15.2 Å². The molecular weight excluding hydrogens is 393 g/mol. The van der Waals surface area contributed by atoms with Crippen LogP contribution in [-0.4, -0.2) is 35.0 Å². The van der Waals surface area contributed by atoms with E-state index < -0.39 is 11.7 Å². The van der Waals surface area contributed by atoms with Gasteiger partial charge in [0.2, 0.25) is 0 Å². The molecule has 0 radical (unpaired) electrons. The number of carbonyl (C=O) groups excluding carboxylic acids is 1. The van der Waals surface area contributed by atoms with E-state index in [0.717, 1.165) is 39.8 Å². The molecule has 0 aliphatic carbocycles. The van der Waals surface area contributed by atoms with Crippen molar-refractivity contribution in [1.29, 1.82) is 0 Å². The molecule has 2 N–H and O–H groups in total. The van der Waals surface area contributed by atoms with Crippen LogP contribution in [0.5, 0.6) is 0 Å². The number of halogens is 3. The van der Waals surface area contributed by atoms with Gasteiger partial charge in [-0.25, -0.2) is 4.79 Å². The Hall–Kier alpha value is -3.13. The lowest BCUT2D eigenvalue weighted by Gasteiger charge is -2.39. The van der Waals surface area contributed by atoms with Crippen molar-refractivity contribution in [3.8, 4) is 0 Å². The number of fused-ring (bicyclic) bond motifs is 1. The van der Waals surface area contributed by atoms with E-state index in [9.17, 15) is 18.0 Å². The fourth-order valence-corrected chi connectivity index (χ4v) is 3.65. The summed E-state index contributed by atoms with van der Waals surface area (Å²) in [6.45, 7) is 3.76. The predicted octanol–water partition coefficient (Wildman–Crippen LogP) is 4.57. The van der Waals surface area contributed by atoms with Crippen LogP contribution < -0.4 is 10.6 Å². The highest BCUT2D eigenvalue weighted by Gasteiger charge is 2.31. The van der Waals surface area contributed by atoms with Gasteiger partial charge in [0.25, 0.3) is 0 Å². The molecule has 1 saturated heterocycles. The van der Waals surface area contributed by atoms with Gasteiger partial charge in [0.1, 0.15) is 0 Å². The minimum atomic E-state index is -4.32. The number of alkyl halides is 3. The molecule has 0 atom stereocenters. The summed E-state index contributed by atoms with van der Waals surface area (Å²) < 4.78 is 37.9. The number of anilines is 1. The fraction of sp³-hybridized carbons (Fsp3) is 0.273. The Balaban J connectivity index is 1.28. The summed E-state index contributed by atoms with van der Waals surface area (Å²) in [5, 5.41) is 7.74. The zero-order chi connectivity index (χ0) is 21.3. The predicted molar refractivity (Wildman–Crippen MR) is 109 cm³/mol. The summed E-state index contributed by atoms with van der Waals surface area (Å²) in [6.07, 6.45) is -2.61. The van der Waals surface area contributed by atoms with E-state index in [-0.39, 0.29) is 12.1 Å². The van der Waals surface area contributed by atoms with Gasteiger partial charge in [-0.15, -0.1) is 0 Å². The minimum Gasteiger partial charge on any atom is -0.333 e. The van der Waals surface area contributed by atoms with E-state index in [2.05, 4.69) is 20.5 Å². The Bertz CT molecular complexity index is 1060. The number of likely N-dealkylation sites (tertiary alicyclic amines) is 1. The van der Waals surface area contributed by atoms with Crippen LogP contribution >= 0.6 is 0 Å². The first-order valence-electron chi connectivity index (χ1n) is 9.60. The maximum Gasteiger partial charge on any atom is 0.416 e. The van der Waals surface area contributed by atoms with Gasteiger partial charge in [0, 0.05) is 42.3 Å². The van der Waals surface area contributed by atoms with E-state index in [4.69, 9.17) is 0 Å². The molecule has 30 heavy (non-hydrogen) atoms. The number of carbonyl (C=O) groups is 1. The van der Waals surface area contributed by atoms with Gasteiger partial charge in [-0.05, 0) is 36.8 Å². The summed E-state index contributed by atoms with van der Waals surface area (Å²) >= 11 is 0. The molecule has 5 nitrogen and oxygen atoms in total. The van der Waals surface area contributed by atoms with E-state index in [1.807, 2.05) is 31.2 Å². The first-order chi connectivity index (χ1) is 14.3. The third-order valence-electron chi connectivity index (χ3n) is 5.23. The number of hydrogen-bond donors (Lipinski definition) is 2. The van der Waals surface area contributed by atoms with Crippen LogP contribution in [0.25, 0.3) is 10.8 Å². The second-order valence-electron chi connectivity index (χ2n) is 7.48. The Morgan fingerprint density at radius 1 is 1.10 bits per heavy atom. The van der Waals surface area contributed by atoms with Crippen molar-refractivity contribution in [2.45, 2.75) is 25.7 Å². The number of amides is 2. The van der Waals surface area contributed by atoms with Crippen LogP contribution in [-0.2, 0) is 12.7 Å². The number of aryl methyl sites for hydroxylation is 1. The van der Waals surface area contributed by atoms with Crippen molar-refractivity contribution in [3.63, 3.8) is 0 Å². The van der Waals surface area contributed by atoms with E-state index in [1.54, 1.807) is 6.20 Å². The second-order valence-corrected chi connectivity index (χ2v) is 7.48. The highest BCUT2D eigenvalue weighted by Crippen LogP contribution is 2.29. The Kier molecular flexibility index (Phi) is 5.34. The van der Waals surface area contributed by atoms with Crippen LogP contribution in [0.4, 0.5) is 23.7 Å². The SMILES string of the molecule is Cc1nccc2c(NC(=O)NC3CN(Cc4ccc(C(F)(F)F)cc4)C3)cccc12. The monoisotopic (exact) mass is 414 g/mol. The van der Waals surface area contributed by atoms with Gasteiger partial charge < -0.3 is 10.6 Å². The standard InChI is InChI=1S/C22H21F3N4O/c1-14-18-3-2-4-20(19(18)9-10-26-14)28-21(30)27-17-12-29(13-17)11-15-5-7-16(8-6-15)22(23,24)25/h2-10,17H,11-13H2,1H3,(H2,27,28,30). The zero-order valence-corrected chi connectivity index (χ0v) is 16.3. The third-order valence-corrected chi connectivity index (χ3v) is 5.23. The summed E-state index contributed by atoms with van der Waals surface area (Å²) in [6, 6.07) is 12.5. The topological polar surface area (TPSA) is 57.3 Å². The second kappa shape index (κ2) is 7.95. The molecule has 156 valence electrons. The third kappa shape index (κ3) is 4.38. The van der Waals surface area contributed by atoms with Gasteiger partial charge in [-0.1, -0.05) is 24.3 Å². The number of benzene rings is 2. The maximum atomic E-state index is 12.6. The largest absolute Gasteiger partial charge is 0.416 e. The number of hydrogen-bond acceptors (Lipinski definition) is 3. The number of nitrogens with one attached hydrogen (secondary N) is 2. The number of rotatable bonds is 4. The van der Waals surface area contributed by atoms with Gasteiger partial charge in [0.05, 0.1) is 17.3 Å². The molecule has 8 heteroatoms. The molecule has 2 amide bonds. The normalized spacial score (nSPS) is 15.1. The average Bonchev–Trinajstić information content (AvgIpc) is 2.67. The van der Waals surface area contributed by atoms with Crippen LogP contribution in [0.3, 0.4) is 0 Å². The first-order valence-corrected chi connectivity index (χ1v) is 9.60. The number of urea groups is 1. The molecule has 2 aromatic carbocycles. The molecular formula is C22H21F3N4O. The Morgan fingerprint density at radius 3 is 2.53 bits per heavy atom. The van der Waals surface area contributed by atoms with Crippen molar-refractivity contribution >= 4 is 22.5 Å². The van der Waals surface area contributed by atoms with E-state index in [0.29, 0.717) is 19.6 Å². The molecule has 2 heterocycles. The number of nitrogens with zero attached hydrogens (tertiary/aromatic N) is 2. The molecule has 3 aromatic rings. The Labute approximate surface area is 171 Å². The molecule has 0 unspecified atom stereocenters. The number of aromatic nitrogens is 1. The van der Waals surface area contributed by atoms with Gasteiger partial charge in [-0.2, -0.15) is 13.2 Å². The quantitative estimate of drug-likeness (QED) is 0.658. The zero-order valence-electron chi connectivity index (χ0n) is 16.3. The van der Waals surface area contributed by atoms with Gasteiger partial charge in [0.15, 0.2) is 0 Å². The molecule has 0 spiro atoms. The summed E-state index contributed by atoms with van der Waals surface area (Å²) in [5.74, 6) is 0. The van der Waals surface area contributed by atoms with E-state index >= 15 is 0 Å². The molecule has 0 bridgehead atoms. The van der Waals surface area contributed by atoms with Crippen LogP contribution in [0.2, 0.25) is 0 Å². The van der Waals surface area contributed by atoms with Gasteiger partial charge in [-0.3, -0.25) is 9.88 Å². The Morgan fingerprint density at radius 2 is 1.83 bits per heavy atom. The molecule has 1 aliphatic heterocycles. The number of pyridine rings is 1. The summed E-state index contributed by atoms with van der Waals surface area (Å²) in [4.78, 5) is 18.7. The lowest BCUT2D eigenvalue weighted by atomic mass is 10.1. The molecule has 1 aliphatic rings. The molecule has 4 rings (SSSR count). The van der Waals surface area contributed by atoms with Crippen molar-refractivity contribution in [3.05, 3.63) is 71.5 Å².